The number of rotatable bonds is 5. The first-order valence-corrected chi connectivity index (χ1v) is 7.53. The maximum atomic E-state index is 6.12. The molecule has 2 aliphatic heterocycles. The third-order valence-electron chi connectivity index (χ3n) is 5.04. The van der Waals surface area contributed by atoms with Crippen LogP contribution < -0.4 is 5.73 Å². The minimum atomic E-state index is 0.481. The summed E-state index contributed by atoms with van der Waals surface area (Å²) in [6.07, 6.45) is 8.15. The Morgan fingerprint density at radius 2 is 1.76 bits per heavy atom. The lowest BCUT2D eigenvalue weighted by atomic mass is 9.98. The van der Waals surface area contributed by atoms with Gasteiger partial charge in [-0.25, -0.2) is 0 Å². The van der Waals surface area contributed by atoms with Crippen LogP contribution in [0.5, 0.6) is 0 Å². The van der Waals surface area contributed by atoms with Crippen molar-refractivity contribution in [3.63, 3.8) is 0 Å². The lowest BCUT2D eigenvalue weighted by Crippen LogP contribution is -2.49. The monoisotopic (exact) mass is 237 g/mol. The Morgan fingerprint density at radius 3 is 2.29 bits per heavy atom. The predicted molar refractivity (Wildman–Crippen MR) is 71.0 cm³/mol. The molecular weight excluding hydrogens is 210 g/mol. The summed E-state index contributed by atoms with van der Waals surface area (Å²) in [5.41, 5.74) is 6.12. The molecule has 1 saturated carbocycles. The topological polar surface area (TPSA) is 32.5 Å². The molecule has 0 radical (unpaired) electrons. The number of hydrogen-bond acceptors (Lipinski definition) is 3. The van der Waals surface area contributed by atoms with E-state index in [2.05, 4.69) is 16.7 Å². The van der Waals surface area contributed by atoms with E-state index in [0.717, 1.165) is 18.1 Å². The van der Waals surface area contributed by atoms with Gasteiger partial charge in [-0.1, -0.05) is 6.92 Å². The summed E-state index contributed by atoms with van der Waals surface area (Å²) < 4.78 is 0. The summed E-state index contributed by atoms with van der Waals surface area (Å²) in [6, 6.07) is 3.02. The fourth-order valence-electron chi connectivity index (χ4n) is 3.96. The quantitative estimate of drug-likeness (QED) is 0.785. The SMILES string of the molecule is CCN(CCN1C2CCC1CC(N)C2)C1CC1. The molecule has 2 saturated heterocycles. The Labute approximate surface area is 105 Å². The van der Waals surface area contributed by atoms with Crippen LogP contribution in [0, 0.1) is 0 Å². The van der Waals surface area contributed by atoms with Gasteiger partial charge in [0, 0.05) is 37.3 Å². The highest BCUT2D eigenvalue weighted by Crippen LogP contribution is 2.35. The number of hydrogen-bond donors (Lipinski definition) is 1. The first-order valence-electron chi connectivity index (χ1n) is 7.53. The second-order valence-corrected chi connectivity index (χ2v) is 6.21. The molecule has 0 aromatic rings. The molecule has 2 atom stereocenters. The van der Waals surface area contributed by atoms with Crippen LogP contribution in [0.3, 0.4) is 0 Å². The molecule has 0 spiro atoms. The van der Waals surface area contributed by atoms with Gasteiger partial charge < -0.3 is 5.73 Å². The fourth-order valence-corrected chi connectivity index (χ4v) is 3.96. The van der Waals surface area contributed by atoms with E-state index in [-0.39, 0.29) is 0 Å². The third kappa shape index (κ3) is 2.51. The van der Waals surface area contributed by atoms with Gasteiger partial charge in [-0.3, -0.25) is 9.80 Å². The molecular formula is C14H27N3. The van der Waals surface area contributed by atoms with Crippen molar-refractivity contribution in [1.82, 2.24) is 9.80 Å². The lowest BCUT2D eigenvalue weighted by Gasteiger charge is -2.38. The molecule has 17 heavy (non-hydrogen) atoms. The smallest absolute Gasteiger partial charge is 0.0115 e. The van der Waals surface area contributed by atoms with Crippen LogP contribution in [0.25, 0.3) is 0 Å². The van der Waals surface area contributed by atoms with Gasteiger partial charge in [0.25, 0.3) is 0 Å². The van der Waals surface area contributed by atoms with Gasteiger partial charge in [0.05, 0.1) is 0 Å². The lowest BCUT2D eigenvalue weighted by molar-refractivity contribution is 0.108. The predicted octanol–water partition coefficient (Wildman–Crippen LogP) is 1.42. The second-order valence-electron chi connectivity index (χ2n) is 6.21. The van der Waals surface area contributed by atoms with Crippen LogP contribution in [-0.4, -0.2) is 53.6 Å². The normalized spacial score (nSPS) is 37.9. The van der Waals surface area contributed by atoms with Gasteiger partial charge in [-0.2, -0.15) is 0 Å². The number of piperidine rings is 1. The summed E-state index contributed by atoms with van der Waals surface area (Å²) in [6.45, 7) is 6.10. The molecule has 3 rings (SSSR count). The first-order chi connectivity index (χ1) is 8.28. The molecule has 2 N–H and O–H groups in total. The largest absolute Gasteiger partial charge is 0.328 e. The highest BCUT2D eigenvalue weighted by Gasteiger charge is 2.39. The van der Waals surface area contributed by atoms with Crippen LogP contribution in [-0.2, 0) is 0 Å². The summed E-state index contributed by atoms with van der Waals surface area (Å²) in [5, 5.41) is 0. The molecule has 98 valence electrons. The van der Waals surface area contributed by atoms with Crippen LogP contribution in [0.15, 0.2) is 0 Å². The van der Waals surface area contributed by atoms with E-state index in [1.165, 1.54) is 58.2 Å². The Morgan fingerprint density at radius 1 is 1.12 bits per heavy atom. The first kappa shape index (κ1) is 11.9. The summed E-state index contributed by atoms with van der Waals surface area (Å²) in [5.74, 6) is 0. The van der Waals surface area contributed by atoms with Crippen molar-refractivity contribution < 1.29 is 0 Å². The Balaban J connectivity index is 1.51. The zero-order chi connectivity index (χ0) is 11.8. The van der Waals surface area contributed by atoms with Gasteiger partial charge in [-0.05, 0) is 45.1 Å². The fraction of sp³-hybridized carbons (Fsp3) is 1.00. The molecule has 1 aliphatic carbocycles. The van der Waals surface area contributed by atoms with E-state index in [9.17, 15) is 0 Å². The van der Waals surface area contributed by atoms with Crippen molar-refractivity contribution in [2.75, 3.05) is 19.6 Å². The van der Waals surface area contributed by atoms with Gasteiger partial charge in [0.15, 0.2) is 0 Å². The molecule has 2 heterocycles. The van der Waals surface area contributed by atoms with Gasteiger partial charge in [-0.15, -0.1) is 0 Å². The van der Waals surface area contributed by atoms with E-state index >= 15 is 0 Å². The molecule has 3 nitrogen and oxygen atoms in total. The standard InChI is InChI=1S/C14H27N3/c1-2-16(12-3-4-12)7-8-17-13-5-6-14(17)10-11(15)9-13/h11-14H,2-10,15H2,1H3. The molecule has 3 aliphatic rings. The summed E-state index contributed by atoms with van der Waals surface area (Å²) in [7, 11) is 0. The van der Waals surface area contributed by atoms with Crippen molar-refractivity contribution >= 4 is 0 Å². The number of fused-ring (bicyclic) bond motifs is 2. The molecule has 3 fully saturated rings. The Kier molecular flexibility index (Phi) is 3.42. The third-order valence-corrected chi connectivity index (χ3v) is 5.04. The number of nitrogens with two attached hydrogens (primary N) is 1. The zero-order valence-corrected chi connectivity index (χ0v) is 11.1. The van der Waals surface area contributed by atoms with E-state index in [0.29, 0.717) is 6.04 Å². The average molecular weight is 237 g/mol. The minimum absolute atomic E-state index is 0.481. The maximum Gasteiger partial charge on any atom is 0.0115 e. The Hall–Kier alpha value is -0.120. The molecule has 0 aromatic carbocycles. The van der Waals surface area contributed by atoms with Gasteiger partial charge in [0.1, 0.15) is 0 Å². The van der Waals surface area contributed by atoms with E-state index in [1.807, 2.05) is 0 Å². The van der Waals surface area contributed by atoms with E-state index < -0.39 is 0 Å². The summed E-state index contributed by atoms with van der Waals surface area (Å²) >= 11 is 0. The highest BCUT2D eigenvalue weighted by molar-refractivity contribution is 4.97. The van der Waals surface area contributed by atoms with Crippen molar-refractivity contribution in [3.8, 4) is 0 Å². The summed E-state index contributed by atoms with van der Waals surface area (Å²) in [4.78, 5) is 5.45. The van der Waals surface area contributed by atoms with Crippen LogP contribution in [0.4, 0.5) is 0 Å². The molecule has 2 unspecified atom stereocenters. The molecule has 0 aromatic heterocycles. The zero-order valence-electron chi connectivity index (χ0n) is 11.1. The van der Waals surface area contributed by atoms with Crippen LogP contribution in [0.1, 0.15) is 45.4 Å². The number of likely N-dealkylation sites (N-methyl/N-ethyl adjacent to an activating group) is 1. The van der Waals surface area contributed by atoms with Crippen molar-refractivity contribution in [3.05, 3.63) is 0 Å². The maximum absolute atomic E-state index is 6.12. The number of nitrogens with zero attached hydrogens (tertiary/aromatic N) is 2. The van der Waals surface area contributed by atoms with Gasteiger partial charge >= 0.3 is 0 Å². The second kappa shape index (κ2) is 4.87. The molecule has 0 amide bonds. The average Bonchev–Trinajstić information content (AvgIpc) is 3.09. The van der Waals surface area contributed by atoms with E-state index in [4.69, 9.17) is 5.73 Å². The van der Waals surface area contributed by atoms with Crippen LogP contribution >= 0.6 is 0 Å². The highest BCUT2D eigenvalue weighted by atomic mass is 15.3. The minimum Gasteiger partial charge on any atom is -0.328 e. The van der Waals surface area contributed by atoms with Crippen molar-refractivity contribution in [2.45, 2.75) is 69.6 Å². The van der Waals surface area contributed by atoms with Crippen LogP contribution in [0.2, 0.25) is 0 Å². The van der Waals surface area contributed by atoms with Crippen molar-refractivity contribution in [1.29, 1.82) is 0 Å². The molecule has 3 heteroatoms. The van der Waals surface area contributed by atoms with E-state index in [1.54, 1.807) is 0 Å². The van der Waals surface area contributed by atoms with Crippen molar-refractivity contribution in [2.24, 2.45) is 5.73 Å². The Bertz CT molecular complexity index is 250. The molecule has 2 bridgehead atoms. The van der Waals surface area contributed by atoms with Gasteiger partial charge in [0.2, 0.25) is 0 Å².